The van der Waals surface area contributed by atoms with Crippen LogP contribution in [-0.2, 0) is 17.1 Å². The van der Waals surface area contributed by atoms with Gasteiger partial charge in [-0.2, -0.15) is 5.70 Å². The molecule has 0 aliphatic heterocycles. The van der Waals surface area contributed by atoms with Crippen molar-refractivity contribution in [3.8, 4) is 0 Å². The first-order valence-electron chi connectivity index (χ1n) is 12.2. The molecule has 0 amide bonds. The van der Waals surface area contributed by atoms with Crippen molar-refractivity contribution in [2.45, 2.75) is 60.1 Å². The van der Waals surface area contributed by atoms with Crippen molar-refractivity contribution in [1.82, 2.24) is 0 Å². The zero-order valence-corrected chi connectivity index (χ0v) is 26.8. The predicted octanol–water partition coefficient (Wildman–Crippen LogP) is 8.44. The molecule has 0 aliphatic carbocycles. The molecule has 0 fully saturated rings. The van der Waals surface area contributed by atoms with Gasteiger partial charge in [-0.15, -0.1) is 5.70 Å². The van der Waals surface area contributed by atoms with Gasteiger partial charge in [0.25, 0.3) is 0 Å². The van der Waals surface area contributed by atoms with Gasteiger partial charge in [0.15, 0.2) is 0 Å². The van der Waals surface area contributed by atoms with Crippen LogP contribution >= 0.6 is 7.92 Å². The summed E-state index contributed by atoms with van der Waals surface area (Å²) in [4.78, 5) is 5.00. The summed E-state index contributed by atoms with van der Waals surface area (Å²) in [6.45, 7) is 20.8. The van der Waals surface area contributed by atoms with Crippen molar-refractivity contribution in [1.29, 1.82) is 0 Å². The van der Waals surface area contributed by atoms with Crippen LogP contribution in [0.15, 0.2) is 102 Å². The Morgan fingerprint density at radius 2 is 0.943 bits per heavy atom. The molecule has 0 saturated heterocycles. The molecule has 5 heteroatoms. The van der Waals surface area contributed by atoms with Crippen molar-refractivity contribution in [2.75, 3.05) is 0 Å². The van der Waals surface area contributed by atoms with E-state index in [9.17, 15) is 0 Å². The molecular formula is C30H43CuNPSi2. The molecule has 0 spiro atoms. The SMILES string of the molecule is CC(C)(C)/C(=C/[Si](C)(C)C)[N-][Si](C)(C)C.[Cu+].c1ccc(P(c2ccccc2)c2ccccc2)cc1. The quantitative estimate of drug-likeness (QED) is 0.209. The molecule has 3 aromatic carbocycles. The second kappa shape index (κ2) is 13.8. The monoisotopic (exact) mass is 567 g/mol. The van der Waals surface area contributed by atoms with Gasteiger partial charge in [-0.25, -0.2) is 0 Å². The van der Waals surface area contributed by atoms with E-state index in [1.165, 1.54) is 21.6 Å². The van der Waals surface area contributed by atoms with Gasteiger partial charge >= 0.3 is 17.1 Å². The molecule has 0 radical (unpaired) electrons. The molecule has 192 valence electrons. The van der Waals surface area contributed by atoms with Gasteiger partial charge < -0.3 is 4.98 Å². The normalized spacial score (nSPS) is 12.3. The Morgan fingerprint density at radius 1 is 0.629 bits per heavy atom. The van der Waals surface area contributed by atoms with Crippen LogP contribution in [0.25, 0.3) is 4.98 Å². The average molecular weight is 568 g/mol. The van der Waals surface area contributed by atoms with Crippen molar-refractivity contribution in [3.05, 3.63) is 107 Å². The summed E-state index contributed by atoms with van der Waals surface area (Å²) >= 11 is 0. The van der Waals surface area contributed by atoms with Crippen LogP contribution in [0.2, 0.25) is 39.3 Å². The zero-order chi connectivity index (χ0) is 25.4. The van der Waals surface area contributed by atoms with Gasteiger partial charge in [0.2, 0.25) is 0 Å². The van der Waals surface area contributed by atoms with Gasteiger partial charge in [-0.1, -0.05) is 151 Å². The maximum atomic E-state index is 5.00. The summed E-state index contributed by atoms with van der Waals surface area (Å²) < 4.78 is 0. The van der Waals surface area contributed by atoms with E-state index in [-0.39, 0.29) is 22.5 Å². The minimum Gasteiger partial charge on any atom is -0.691 e. The number of allylic oxidation sites excluding steroid dienone is 1. The summed E-state index contributed by atoms with van der Waals surface area (Å²) in [5, 5.41) is 4.19. The number of hydrogen-bond donors (Lipinski definition) is 0. The fourth-order valence-electron chi connectivity index (χ4n) is 3.37. The van der Waals surface area contributed by atoms with Crippen LogP contribution in [0.4, 0.5) is 0 Å². The molecule has 0 atom stereocenters. The van der Waals surface area contributed by atoms with Crippen LogP contribution < -0.4 is 15.9 Å². The maximum absolute atomic E-state index is 5.00. The standard InChI is InChI=1S/C18H15P.C12H28NSi2.Cu/c1-4-10-16(11-5-1)19(17-12-6-2-7-13-17)18-14-8-3-9-15-18;1-12(2,3)11(10-14(4,5)6)13-15(7,8)9;/h1-15H;10H,1-9H3;/q;-1;+1/b;11-10-;. The van der Waals surface area contributed by atoms with Gasteiger partial charge in [-0.05, 0) is 37.5 Å². The van der Waals surface area contributed by atoms with Crippen LogP contribution in [0, 0.1) is 5.41 Å². The fraction of sp³-hybridized carbons (Fsp3) is 0.333. The molecular weight excluding hydrogens is 525 g/mol. The molecule has 0 aromatic heterocycles. The fourth-order valence-corrected chi connectivity index (χ4v) is 8.24. The number of benzene rings is 3. The van der Waals surface area contributed by atoms with E-state index < -0.39 is 24.2 Å². The Morgan fingerprint density at radius 3 is 1.17 bits per heavy atom. The Kier molecular flexibility index (Phi) is 12.4. The first-order chi connectivity index (χ1) is 15.8. The smallest absolute Gasteiger partial charge is 0.691 e. The van der Waals surface area contributed by atoms with Gasteiger partial charge in [0, 0.05) is 0 Å². The Hall–Kier alpha value is -1.42. The summed E-state index contributed by atoms with van der Waals surface area (Å²) in [5.41, 5.74) is 3.99. The van der Waals surface area contributed by atoms with Crippen molar-refractivity contribution < 1.29 is 17.1 Å². The van der Waals surface area contributed by atoms with Crippen molar-refractivity contribution in [3.63, 3.8) is 0 Å². The second-order valence-corrected chi connectivity index (χ2v) is 23.6. The first kappa shape index (κ1) is 31.6. The van der Waals surface area contributed by atoms with Gasteiger partial charge in [0.1, 0.15) is 0 Å². The van der Waals surface area contributed by atoms with Crippen LogP contribution in [0.3, 0.4) is 0 Å². The van der Waals surface area contributed by atoms with E-state index in [0.717, 1.165) is 0 Å². The summed E-state index contributed by atoms with van der Waals surface area (Å²) in [6.07, 6.45) is 0. The number of hydrogen-bond acceptors (Lipinski definition) is 0. The van der Waals surface area contributed by atoms with Crippen LogP contribution in [-0.4, -0.2) is 16.3 Å². The van der Waals surface area contributed by atoms with Crippen molar-refractivity contribution in [2.24, 2.45) is 5.41 Å². The van der Waals surface area contributed by atoms with Gasteiger partial charge in [-0.3, -0.25) is 0 Å². The average Bonchev–Trinajstić information content (AvgIpc) is 2.74. The molecule has 0 bridgehead atoms. The molecule has 0 N–H and O–H groups in total. The van der Waals surface area contributed by atoms with E-state index in [1.54, 1.807) is 0 Å². The first-order valence-corrected chi connectivity index (χ1v) is 20.5. The molecule has 35 heavy (non-hydrogen) atoms. The largest absolute Gasteiger partial charge is 1.00 e. The predicted molar refractivity (Wildman–Crippen MR) is 163 cm³/mol. The van der Waals surface area contributed by atoms with Crippen LogP contribution in [0.5, 0.6) is 0 Å². The molecule has 3 aromatic rings. The summed E-state index contributed by atoms with van der Waals surface area (Å²) in [6, 6.07) is 32.3. The summed E-state index contributed by atoms with van der Waals surface area (Å²) in [5.74, 6) is 0. The van der Waals surface area contributed by atoms with E-state index in [4.69, 9.17) is 4.98 Å². The third kappa shape index (κ3) is 11.9. The molecule has 0 aliphatic rings. The van der Waals surface area contributed by atoms with Crippen LogP contribution in [0.1, 0.15) is 20.8 Å². The maximum Gasteiger partial charge on any atom is 1.00 e. The topological polar surface area (TPSA) is 14.1 Å². The molecule has 0 heterocycles. The Labute approximate surface area is 229 Å². The summed E-state index contributed by atoms with van der Waals surface area (Å²) in [7, 11) is -2.96. The Balaban J connectivity index is 0.000000352. The third-order valence-electron chi connectivity index (χ3n) is 4.84. The van der Waals surface area contributed by atoms with Gasteiger partial charge in [0.05, 0.1) is 8.07 Å². The van der Waals surface area contributed by atoms with Crippen molar-refractivity contribution >= 4 is 40.1 Å². The minimum absolute atomic E-state index is 0. The molecule has 0 unspecified atom stereocenters. The van der Waals surface area contributed by atoms with E-state index in [2.05, 4.69) is 157 Å². The zero-order valence-electron chi connectivity index (χ0n) is 22.9. The number of nitrogens with zero attached hydrogens (tertiary/aromatic N) is 1. The third-order valence-corrected chi connectivity index (χ3v) is 9.33. The number of rotatable bonds is 6. The van der Waals surface area contributed by atoms with E-state index in [0.29, 0.717) is 0 Å². The van der Waals surface area contributed by atoms with E-state index >= 15 is 0 Å². The molecule has 3 rings (SSSR count). The molecule has 1 nitrogen and oxygen atoms in total. The Bertz CT molecular complexity index is 925. The van der Waals surface area contributed by atoms with E-state index in [1.807, 2.05) is 0 Å². The molecule has 0 saturated carbocycles. The second-order valence-electron chi connectivity index (χ2n) is 11.8. The minimum atomic E-state index is -1.35.